The summed E-state index contributed by atoms with van der Waals surface area (Å²) in [6, 6.07) is 0. The molecule has 2 fully saturated rings. The summed E-state index contributed by atoms with van der Waals surface area (Å²) in [6.45, 7) is -1.22. The molecule has 1 saturated carbocycles. The van der Waals surface area contributed by atoms with E-state index in [9.17, 15) is 40.5 Å². The Hall–Kier alpha value is -1.35. The van der Waals surface area contributed by atoms with Crippen LogP contribution >= 0.6 is 0 Å². The molecule has 0 bridgehead atoms. The number of aliphatic hydroxyl groups is 7. The molecule has 0 aromatic heterocycles. The molecule has 0 spiro atoms. The van der Waals surface area contributed by atoms with Crippen LogP contribution in [0.25, 0.3) is 0 Å². The van der Waals surface area contributed by atoms with Gasteiger partial charge in [0.25, 0.3) is 0 Å². The van der Waals surface area contributed by atoms with Crippen molar-refractivity contribution in [2.45, 2.75) is 49.2 Å². The summed E-state index contributed by atoms with van der Waals surface area (Å²) in [6.07, 6.45) is -10.9. The summed E-state index contributed by atoms with van der Waals surface area (Å²) < 4.78 is 21.0. The van der Waals surface area contributed by atoms with E-state index in [1.54, 1.807) is 0 Å². The van der Waals surface area contributed by atoms with Crippen LogP contribution in [0.15, 0.2) is 11.8 Å². The Kier molecular flexibility index (Phi) is 6.77. The zero-order chi connectivity index (χ0) is 21.5. The van der Waals surface area contributed by atoms with E-state index >= 15 is 0 Å². The van der Waals surface area contributed by atoms with E-state index in [1.807, 2.05) is 0 Å². The number of rotatable bonds is 5. The van der Waals surface area contributed by atoms with E-state index in [0.717, 1.165) is 13.4 Å². The number of ether oxygens (including phenoxy) is 4. The van der Waals surface area contributed by atoms with Gasteiger partial charge in [0.05, 0.1) is 37.8 Å². The SMILES string of the molecule is COC(=O)C1=CO[C@@H](O[C@@H]2O[C@H](CO)[C@@H](O)[C@@H](O)[C@H]2O)[C@@H]2[C@@H](CO)[C@@H](O)[C@H](O)[C@H]12. The molecule has 0 aromatic rings. The van der Waals surface area contributed by atoms with Gasteiger partial charge in [-0.3, -0.25) is 0 Å². The summed E-state index contributed by atoms with van der Waals surface area (Å²) in [7, 11) is 1.13. The highest BCUT2D eigenvalue weighted by Crippen LogP contribution is 2.47. The molecule has 12 heteroatoms. The van der Waals surface area contributed by atoms with Gasteiger partial charge in [-0.25, -0.2) is 4.79 Å². The van der Waals surface area contributed by atoms with Gasteiger partial charge >= 0.3 is 5.97 Å². The highest BCUT2D eigenvalue weighted by atomic mass is 16.8. The van der Waals surface area contributed by atoms with Crippen LogP contribution in [-0.2, 0) is 23.7 Å². The van der Waals surface area contributed by atoms with Crippen LogP contribution in [0.1, 0.15) is 0 Å². The Balaban J connectivity index is 1.87. The highest BCUT2D eigenvalue weighted by Gasteiger charge is 2.58. The van der Waals surface area contributed by atoms with E-state index in [2.05, 4.69) is 4.74 Å². The predicted octanol–water partition coefficient (Wildman–Crippen LogP) is -4.21. The summed E-state index contributed by atoms with van der Waals surface area (Å²) in [5, 5.41) is 69.7. The van der Waals surface area contributed by atoms with Crippen molar-refractivity contribution < 1.29 is 59.5 Å². The van der Waals surface area contributed by atoms with Crippen molar-refractivity contribution in [2.75, 3.05) is 20.3 Å². The third-order valence-corrected chi connectivity index (χ3v) is 5.82. The number of carbonyl (C=O) groups is 1. The molecule has 11 atom stereocenters. The van der Waals surface area contributed by atoms with E-state index in [0.29, 0.717) is 0 Å². The molecule has 1 saturated heterocycles. The monoisotopic (exact) mass is 422 g/mol. The molecular formula is C17H26O12. The van der Waals surface area contributed by atoms with Crippen molar-refractivity contribution in [1.82, 2.24) is 0 Å². The van der Waals surface area contributed by atoms with Gasteiger partial charge in [0, 0.05) is 24.4 Å². The number of hydrogen-bond acceptors (Lipinski definition) is 12. The normalized spacial score (nSPS) is 47.2. The van der Waals surface area contributed by atoms with Crippen molar-refractivity contribution in [3.8, 4) is 0 Å². The fraction of sp³-hybridized carbons (Fsp3) is 0.824. The van der Waals surface area contributed by atoms with Crippen LogP contribution in [0.4, 0.5) is 0 Å². The Labute approximate surface area is 165 Å². The minimum atomic E-state index is -1.70. The lowest BCUT2D eigenvalue weighted by molar-refractivity contribution is -0.343. The van der Waals surface area contributed by atoms with Gasteiger partial charge in [-0.1, -0.05) is 0 Å². The zero-order valence-electron chi connectivity index (χ0n) is 15.5. The Bertz CT molecular complexity index is 624. The fourth-order valence-corrected chi connectivity index (χ4v) is 4.23. The van der Waals surface area contributed by atoms with E-state index in [4.69, 9.17) is 14.2 Å². The van der Waals surface area contributed by atoms with Gasteiger partial charge in [0.1, 0.15) is 24.4 Å². The molecular weight excluding hydrogens is 396 g/mol. The predicted molar refractivity (Wildman–Crippen MR) is 89.4 cm³/mol. The Morgan fingerprint density at radius 3 is 2.24 bits per heavy atom. The first-order valence-corrected chi connectivity index (χ1v) is 9.13. The van der Waals surface area contributed by atoms with Crippen molar-refractivity contribution in [3.05, 3.63) is 11.8 Å². The molecule has 12 nitrogen and oxygen atoms in total. The van der Waals surface area contributed by atoms with Crippen LogP contribution in [0.2, 0.25) is 0 Å². The summed E-state index contributed by atoms with van der Waals surface area (Å²) in [5.41, 5.74) is -0.0614. The van der Waals surface area contributed by atoms with Gasteiger partial charge in [-0.05, 0) is 0 Å². The average Bonchev–Trinajstić information content (AvgIpc) is 2.98. The molecule has 0 amide bonds. The third kappa shape index (κ3) is 3.76. The van der Waals surface area contributed by atoms with Crippen LogP contribution in [0, 0.1) is 17.8 Å². The van der Waals surface area contributed by atoms with Crippen molar-refractivity contribution in [3.63, 3.8) is 0 Å². The molecule has 2 heterocycles. The molecule has 3 aliphatic rings. The van der Waals surface area contributed by atoms with Crippen LogP contribution in [-0.4, -0.2) is 111 Å². The van der Waals surface area contributed by atoms with Gasteiger partial charge in [-0.2, -0.15) is 0 Å². The minimum absolute atomic E-state index is 0.0614. The second-order valence-electron chi connectivity index (χ2n) is 7.33. The van der Waals surface area contributed by atoms with E-state index in [1.165, 1.54) is 0 Å². The highest BCUT2D eigenvalue weighted by molar-refractivity contribution is 5.89. The summed E-state index contributed by atoms with van der Waals surface area (Å²) in [4.78, 5) is 12.0. The van der Waals surface area contributed by atoms with Crippen LogP contribution in [0.5, 0.6) is 0 Å². The first-order chi connectivity index (χ1) is 13.8. The van der Waals surface area contributed by atoms with Crippen molar-refractivity contribution >= 4 is 5.97 Å². The molecule has 166 valence electrons. The van der Waals surface area contributed by atoms with Gasteiger partial charge in [0.15, 0.2) is 6.29 Å². The topological polar surface area (TPSA) is 196 Å². The molecule has 29 heavy (non-hydrogen) atoms. The van der Waals surface area contributed by atoms with Gasteiger partial charge in [0.2, 0.25) is 6.29 Å². The maximum Gasteiger partial charge on any atom is 0.337 e. The minimum Gasteiger partial charge on any atom is -0.472 e. The standard InChI is InChI=1S/C17H26O12/c1-26-15(25)6-4-27-16(9-5(2-18)10(20)12(22)8(6)9)29-17-14(24)13(23)11(21)7(3-19)28-17/h4-5,7-14,16-24H,2-3H2,1H3/t5-,7-,8-,9-,10-,11-,12-,13-,14-,16+,17+/m1/s1. The number of aliphatic hydroxyl groups excluding tert-OH is 7. The van der Waals surface area contributed by atoms with Crippen molar-refractivity contribution in [1.29, 1.82) is 0 Å². The largest absolute Gasteiger partial charge is 0.472 e. The van der Waals surface area contributed by atoms with Crippen LogP contribution in [0.3, 0.4) is 0 Å². The lowest BCUT2D eigenvalue weighted by atomic mass is 9.82. The lowest BCUT2D eigenvalue weighted by Gasteiger charge is -2.43. The number of carbonyl (C=O) groups excluding carboxylic acids is 1. The summed E-state index contributed by atoms with van der Waals surface area (Å²) in [5.74, 6) is -3.68. The van der Waals surface area contributed by atoms with Crippen molar-refractivity contribution in [2.24, 2.45) is 17.8 Å². The maximum atomic E-state index is 12.0. The molecule has 3 rings (SSSR count). The second kappa shape index (κ2) is 8.79. The number of methoxy groups -OCH3 is 1. The van der Waals surface area contributed by atoms with Gasteiger partial charge in [-0.15, -0.1) is 0 Å². The summed E-state index contributed by atoms with van der Waals surface area (Å²) >= 11 is 0. The van der Waals surface area contributed by atoms with E-state index < -0.39 is 86.1 Å². The Morgan fingerprint density at radius 1 is 0.966 bits per heavy atom. The van der Waals surface area contributed by atoms with Crippen LogP contribution < -0.4 is 0 Å². The molecule has 7 N–H and O–H groups in total. The molecule has 0 aromatic carbocycles. The quantitative estimate of drug-likeness (QED) is 0.211. The van der Waals surface area contributed by atoms with E-state index in [-0.39, 0.29) is 5.57 Å². The first-order valence-electron chi connectivity index (χ1n) is 9.13. The number of hydrogen-bond donors (Lipinski definition) is 7. The smallest absolute Gasteiger partial charge is 0.337 e. The Morgan fingerprint density at radius 2 is 1.66 bits per heavy atom. The fourth-order valence-electron chi connectivity index (χ4n) is 4.23. The average molecular weight is 422 g/mol. The second-order valence-corrected chi connectivity index (χ2v) is 7.33. The molecule has 2 aliphatic heterocycles. The maximum absolute atomic E-state index is 12.0. The lowest BCUT2D eigenvalue weighted by Crippen LogP contribution is -2.60. The number of esters is 1. The molecule has 0 radical (unpaired) electrons. The third-order valence-electron chi connectivity index (χ3n) is 5.82. The number of fused-ring (bicyclic) bond motifs is 1. The molecule has 1 aliphatic carbocycles. The first kappa shape index (κ1) is 22.3. The zero-order valence-corrected chi connectivity index (χ0v) is 15.5. The molecule has 0 unspecified atom stereocenters. The van der Waals surface area contributed by atoms with Gasteiger partial charge < -0.3 is 54.7 Å².